The van der Waals surface area contributed by atoms with Crippen molar-refractivity contribution in [2.45, 2.75) is 68.9 Å². The van der Waals surface area contributed by atoms with Gasteiger partial charge in [0.2, 0.25) is 0 Å². The average molecular weight is 599 g/mol. The number of nitrogens with zero attached hydrogens (tertiary/aromatic N) is 5. The molecule has 1 unspecified atom stereocenters. The van der Waals surface area contributed by atoms with E-state index in [9.17, 15) is 19.4 Å². The van der Waals surface area contributed by atoms with Gasteiger partial charge < -0.3 is 19.7 Å². The number of aliphatic carboxylic acids is 1. The minimum Gasteiger partial charge on any atom is -0.479 e. The highest BCUT2D eigenvalue weighted by Crippen LogP contribution is 2.40. The Kier molecular flexibility index (Phi) is 6.81. The molecule has 0 radical (unpaired) electrons. The van der Waals surface area contributed by atoms with E-state index in [1.807, 2.05) is 12.1 Å². The molecule has 11 heteroatoms. The number of hydrogen-bond acceptors (Lipinski definition) is 5. The molecule has 7 rings (SSSR count). The monoisotopic (exact) mass is 597 g/mol. The summed E-state index contributed by atoms with van der Waals surface area (Å²) in [6.45, 7) is 2.27. The van der Waals surface area contributed by atoms with E-state index in [0.29, 0.717) is 44.2 Å². The lowest BCUT2D eigenvalue weighted by molar-refractivity contribution is -0.139. The van der Waals surface area contributed by atoms with Crippen molar-refractivity contribution < 1.29 is 19.4 Å². The molecule has 3 aliphatic rings. The number of piperidine rings is 1. The lowest BCUT2D eigenvalue weighted by Crippen LogP contribution is -2.49. The Bertz CT molecular complexity index is 1620. The first-order chi connectivity index (χ1) is 19.8. The molecule has 2 atom stereocenters. The number of carboxylic acids is 1. The van der Waals surface area contributed by atoms with Crippen LogP contribution in [-0.2, 0) is 17.8 Å². The number of carboxylic acid groups (broad SMARTS) is 1. The molecule has 4 heterocycles. The van der Waals surface area contributed by atoms with Crippen LogP contribution in [0, 0.1) is 0 Å². The number of likely N-dealkylation sites (tertiary alicyclic amines) is 1. The standard InChI is InChI=1S/C30H30Cl2FN5O3/c31-24-12-22(18-3-1-16(2-4-18)17-5-7-36(8-6-17)20-10-21(39)11-20)26(32)27-23(24)14-38(35-27)29(30(40)41)28-25-9-19(33)13-37(25)15-34-28/h1-4,12,14-15,17,19-21,29,39H,5-11,13H2,(H,40,41)/t19-,20?,21?,29?/m1/s1. The first kappa shape index (κ1) is 26.9. The summed E-state index contributed by atoms with van der Waals surface area (Å²) in [5.41, 5.74) is 4.14. The van der Waals surface area contributed by atoms with E-state index in [-0.39, 0.29) is 24.8 Å². The summed E-state index contributed by atoms with van der Waals surface area (Å²) in [5, 5.41) is 25.6. The number of aliphatic hydroxyl groups is 1. The van der Waals surface area contributed by atoms with E-state index in [1.54, 1.807) is 16.8 Å². The summed E-state index contributed by atoms with van der Waals surface area (Å²) in [5.74, 6) is -0.659. The quantitative estimate of drug-likeness (QED) is 0.305. The van der Waals surface area contributed by atoms with Gasteiger partial charge >= 0.3 is 5.97 Å². The van der Waals surface area contributed by atoms with Gasteiger partial charge in [0.1, 0.15) is 11.7 Å². The summed E-state index contributed by atoms with van der Waals surface area (Å²) in [4.78, 5) is 19.2. The van der Waals surface area contributed by atoms with Crippen LogP contribution in [0.25, 0.3) is 22.0 Å². The fourth-order valence-electron chi connectivity index (χ4n) is 6.73. The molecular formula is C30H30Cl2FN5O3. The topological polar surface area (TPSA) is 96.4 Å². The fourth-order valence-corrected chi connectivity index (χ4v) is 7.28. The fraction of sp³-hybridized carbons (Fsp3) is 0.433. The van der Waals surface area contributed by atoms with Gasteiger partial charge in [-0.3, -0.25) is 4.68 Å². The predicted octanol–water partition coefficient (Wildman–Crippen LogP) is 5.48. The van der Waals surface area contributed by atoms with Crippen LogP contribution in [0.4, 0.5) is 4.39 Å². The molecule has 1 aliphatic carbocycles. The zero-order valence-corrected chi connectivity index (χ0v) is 23.8. The highest BCUT2D eigenvalue weighted by molar-refractivity contribution is 6.42. The van der Waals surface area contributed by atoms with Crippen LogP contribution in [0.5, 0.6) is 0 Å². The van der Waals surface area contributed by atoms with E-state index in [0.717, 1.165) is 44.3 Å². The molecule has 2 aromatic carbocycles. The average Bonchev–Trinajstić information content (AvgIpc) is 3.65. The van der Waals surface area contributed by atoms with Crippen molar-refractivity contribution in [2.75, 3.05) is 13.1 Å². The van der Waals surface area contributed by atoms with Crippen LogP contribution in [0.2, 0.25) is 10.0 Å². The molecule has 2 fully saturated rings. The van der Waals surface area contributed by atoms with Crippen molar-refractivity contribution in [2.24, 2.45) is 0 Å². The summed E-state index contributed by atoms with van der Waals surface area (Å²) < 4.78 is 17.0. The second kappa shape index (κ2) is 10.4. The lowest BCUT2D eigenvalue weighted by Gasteiger charge is -2.44. The van der Waals surface area contributed by atoms with Crippen molar-refractivity contribution >= 4 is 40.1 Å². The Morgan fingerprint density at radius 3 is 2.54 bits per heavy atom. The van der Waals surface area contributed by atoms with Gasteiger partial charge in [-0.25, -0.2) is 14.2 Å². The summed E-state index contributed by atoms with van der Waals surface area (Å²) in [6.07, 6.45) is 5.96. The zero-order valence-electron chi connectivity index (χ0n) is 22.3. The normalized spacial score (nSPS) is 24.0. The van der Waals surface area contributed by atoms with E-state index >= 15 is 0 Å². The maximum atomic E-state index is 14.0. The molecule has 4 aromatic rings. The Morgan fingerprint density at radius 1 is 1.12 bits per heavy atom. The first-order valence-corrected chi connectivity index (χ1v) is 14.8. The van der Waals surface area contributed by atoms with Crippen molar-refractivity contribution in [3.8, 4) is 11.1 Å². The van der Waals surface area contributed by atoms with Crippen molar-refractivity contribution in [3.05, 3.63) is 69.9 Å². The Hall–Kier alpha value is -2.98. The maximum absolute atomic E-state index is 14.0. The summed E-state index contributed by atoms with van der Waals surface area (Å²) >= 11 is 13.6. The van der Waals surface area contributed by atoms with Gasteiger partial charge in [0.05, 0.1) is 34.7 Å². The second-order valence-electron chi connectivity index (χ2n) is 11.6. The van der Waals surface area contributed by atoms with Gasteiger partial charge in [0.25, 0.3) is 0 Å². The number of aromatic nitrogens is 4. The number of alkyl halides is 1. The molecule has 8 nitrogen and oxygen atoms in total. The van der Waals surface area contributed by atoms with Crippen molar-refractivity contribution in [1.82, 2.24) is 24.2 Å². The Labute approximate surface area is 246 Å². The van der Waals surface area contributed by atoms with Crippen LogP contribution in [0.3, 0.4) is 0 Å². The minimum absolute atomic E-state index is 0.116. The predicted molar refractivity (Wildman–Crippen MR) is 154 cm³/mol. The molecule has 1 saturated heterocycles. The van der Waals surface area contributed by atoms with Gasteiger partial charge in [-0.15, -0.1) is 0 Å². The highest BCUT2D eigenvalue weighted by atomic mass is 35.5. The van der Waals surface area contributed by atoms with Crippen LogP contribution in [0.15, 0.2) is 42.9 Å². The number of hydrogen-bond donors (Lipinski definition) is 2. The second-order valence-corrected chi connectivity index (χ2v) is 12.4. The third kappa shape index (κ3) is 4.73. The number of fused-ring (bicyclic) bond motifs is 2. The van der Waals surface area contributed by atoms with E-state index in [4.69, 9.17) is 23.2 Å². The van der Waals surface area contributed by atoms with Gasteiger partial charge in [-0.2, -0.15) is 5.10 Å². The molecule has 1 saturated carbocycles. The van der Waals surface area contributed by atoms with Crippen molar-refractivity contribution in [3.63, 3.8) is 0 Å². The number of halogens is 3. The number of rotatable bonds is 6. The lowest BCUT2D eigenvalue weighted by atomic mass is 9.83. The molecular weight excluding hydrogens is 568 g/mol. The van der Waals surface area contributed by atoms with Crippen LogP contribution < -0.4 is 0 Å². The summed E-state index contributed by atoms with van der Waals surface area (Å²) in [7, 11) is 0. The molecule has 41 heavy (non-hydrogen) atoms. The van der Waals surface area contributed by atoms with Gasteiger partial charge in [-0.05, 0) is 61.9 Å². The zero-order chi connectivity index (χ0) is 28.4. The number of carbonyl (C=O) groups is 1. The molecule has 214 valence electrons. The molecule has 0 bridgehead atoms. The van der Waals surface area contributed by atoms with E-state index < -0.39 is 18.2 Å². The van der Waals surface area contributed by atoms with Crippen LogP contribution in [0.1, 0.15) is 54.6 Å². The molecule has 0 amide bonds. The van der Waals surface area contributed by atoms with E-state index in [2.05, 4.69) is 27.1 Å². The largest absolute Gasteiger partial charge is 0.479 e. The molecule has 2 aliphatic heterocycles. The number of aliphatic hydroxyl groups excluding tert-OH is 1. The molecule has 0 spiro atoms. The summed E-state index contributed by atoms with van der Waals surface area (Å²) in [6, 6.07) is 9.48. The van der Waals surface area contributed by atoms with Gasteiger partial charge in [-0.1, -0.05) is 47.5 Å². The minimum atomic E-state index is -1.24. The van der Waals surface area contributed by atoms with Crippen molar-refractivity contribution in [1.29, 1.82) is 0 Å². The van der Waals surface area contributed by atoms with Crippen LogP contribution >= 0.6 is 23.2 Å². The Balaban J connectivity index is 1.15. The first-order valence-electron chi connectivity index (χ1n) is 14.1. The van der Waals surface area contributed by atoms with Gasteiger partial charge in [0, 0.05) is 35.3 Å². The smallest absolute Gasteiger partial charge is 0.334 e. The third-order valence-corrected chi connectivity index (χ3v) is 9.77. The van der Waals surface area contributed by atoms with Gasteiger partial charge in [0.15, 0.2) is 6.04 Å². The van der Waals surface area contributed by atoms with E-state index in [1.165, 1.54) is 16.6 Å². The Morgan fingerprint density at radius 2 is 1.85 bits per heavy atom. The molecule has 2 N–H and O–H groups in total. The maximum Gasteiger partial charge on any atom is 0.334 e. The molecule has 2 aromatic heterocycles. The number of benzene rings is 2. The highest BCUT2D eigenvalue weighted by Gasteiger charge is 2.35. The third-order valence-electron chi connectivity index (χ3n) is 9.08. The van der Waals surface area contributed by atoms with Crippen LogP contribution in [-0.4, -0.2) is 71.8 Å². The number of imidazole rings is 1. The SMILES string of the molecule is O=C(O)C(c1ncn2c1C[C@@H](F)C2)n1cc2c(Cl)cc(-c3ccc(C4CCN(C5CC(O)C5)CC4)cc3)c(Cl)c2n1.